The normalized spacial score (nSPS) is 16.2. The van der Waals surface area contributed by atoms with E-state index in [9.17, 15) is 4.39 Å². The summed E-state index contributed by atoms with van der Waals surface area (Å²) < 4.78 is 23.4. The van der Waals surface area contributed by atoms with Crippen LogP contribution in [0.5, 0.6) is 6.01 Å². The van der Waals surface area contributed by atoms with Gasteiger partial charge in [-0.15, -0.1) is 0 Å². The molecule has 4 aromatic heterocycles. The fourth-order valence-electron chi connectivity index (χ4n) is 4.12. The zero-order valence-electron chi connectivity index (χ0n) is 18.1. The van der Waals surface area contributed by atoms with Gasteiger partial charge in [-0.1, -0.05) is 0 Å². The van der Waals surface area contributed by atoms with E-state index >= 15 is 0 Å². The van der Waals surface area contributed by atoms with Crippen molar-refractivity contribution in [2.24, 2.45) is 5.92 Å². The van der Waals surface area contributed by atoms with Crippen LogP contribution in [-0.2, 0) is 13.1 Å². The van der Waals surface area contributed by atoms with Gasteiger partial charge in [0, 0.05) is 30.1 Å². The van der Waals surface area contributed by atoms with E-state index in [1.807, 2.05) is 29.3 Å². The molecule has 1 N–H and O–H groups in total. The van der Waals surface area contributed by atoms with Gasteiger partial charge in [-0.25, -0.2) is 9.37 Å². The molecule has 32 heavy (non-hydrogen) atoms. The molecule has 0 spiro atoms. The highest BCUT2D eigenvalue weighted by Gasteiger charge is 2.20. The SMILES string of the molecule is CCOc1nc(C)c2nc(-c3cncc(F)c3)n(Cc3cnn(CC4CCNC4)c3)c2n1. The average Bonchev–Trinajstić information content (AvgIpc) is 3.51. The molecule has 0 saturated carbocycles. The molecule has 0 aromatic carbocycles. The summed E-state index contributed by atoms with van der Waals surface area (Å²) in [6, 6.07) is 1.72. The lowest BCUT2D eigenvalue weighted by atomic mass is 10.1. The van der Waals surface area contributed by atoms with Crippen LogP contribution in [0.2, 0.25) is 0 Å². The van der Waals surface area contributed by atoms with Gasteiger partial charge < -0.3 is 14.6 Å². The van der Waals surface area contributed by atoms with E-state index < -0.39 is 5.82 Å². The Bertz CT molecular complexity index is 1240. The van der Waals surface area contributed by atoms with Crippen molar-refractivity contribution in [1.29, 1.82) is 0 Å². The van der Waals surface area contributed by atoms with Crippen LogP contribution < -0.4 is 10.1 Å². The van der Waals surface area contributed by atoms with E-state index in [1.165, 1.54) is 12.3 Å². The molecule has 4 aromatic rings. The Morgan fingerprint density at radius 2 is 2.12 bits per heavy atom. The van der Waals surface area contributed by atoms with Gasteiger partial charge in [0.25, 0.3) is 0 Å². The monoisotopic (exact) mass is 436 g/mol. The lowest BCUT2D eigenvalue weighted by Gasteiger charge is -2.09. The maximum absolute atomic E-state index is 13.9. The van der Waals surface area contributed by atoms with Crippen molar-refractivity contribution < 1.29 is 9.13 Å². The first-order chi connectivity index (χ1) is 15.6. The second kappa shape index (κ2) is 8.62. The fourth-order valence-corrected chi connectivity index (χ4v) is 4.12. The molecule has 0 amide bonds. The van der Waals surface area contributed by atoms with Gasteiger partial charge in [0.2, 0.25) is 0 Å². The molecule has 5 rings (SSSR count). The second-order valence-corrected chi connectivity index (χ2v) is 8.04. The van der Waals surface area contributed by atoms with Crippen LogP contribution in [0, 0.1) is 18.7 Å². The maximum Gasteiger partial charge on any atom is 0.318 e. The van der Waals surface area contributed by atoms with Crippen molar-refractivity contribution in [2.45, 2.75) is 33.4 Å². The van der Waals surface area contributed by atoms with Gasteiger partial charge in [-0.3, -0.25) is 9.67 Å². The van der Waals surface area contributed by atoms with Crippen LogP contribution in [-0.4, -0.2) is 54.0 Å². The average molecular weight is 436 g/mol. The Labute approximate surface area is 184 Å². The zero-order valence-corrected chi connectivity index (χ0v) is 18.1. The number of imidazole rings is 1. The second-order valence-electron chi connectivity index (χ2n) is 8.04. The van der Waals surface area contributed by atoms with Crippen molar-refractivity contribution in [2.75, 3.05) is 19.7 Å². The number of rotatable bonds is 7. The van der Waals surface area contributed by atoms with Gasteiger partial charge in [-0.05, 0) is 45.3 Å². The molecule has 166 valence electrons. The van der Waals surface area contributed by atoms with Crippen molar-refractivity contribution >= 4 is 11.2 Å². The Morgan fingerprint density at radius 1 is 1.22 bits per heavy atom. The minimum Gasteiger partial charge on any atom is -0.464 e. The third-order valence-electron chi connectivity index (χ3n) is 5.62. The van der Waals surface area contributed by atoms with E-state index in [0.29, 0.717) is 53.3 Å². The molecule has 0 aliphatic carbocycles. The highest BCUT2D eigenvalue weighted by molar-refractivity contribution is 5.79. The summed E-state index contributed by atoms with van der Waals surface area (Å²) >= 11 is 0. The summed E-state index contributed by atoms with van der Waals surface area (Å²) in [7, 11) is 0. The van der Waals surface area contributed by atoms with Crippen molar-refractivity contribution in [3.05, 3.63) is 47.9 Å². The summed E-state index contributed by atoms with van der Waals surface area (Å²) in [6.45, 7) is 7.66. The number of halogens is 1. The lowest BCUT2D eigenvalue weighted by Crippen LogP contribution is -2.14. The molecule has 9 nitrogen and oxygen atoms in total. The standard InChI is InChI=1S/C22H25FN8O/c1-3-32-22-27-14(2)19-21(29-22)31(20(28-19)17-6-18(23)10-25-9-17)13-16-8-26-30(12-16)11-15-4-5-24-7-15/h6,8-10,12,15,24H,3-5,7,11,13H2,1-2H3. The van der Waals surface area contributed by atoms with E-state index in [0.717, 1.165) is 31.6 Å². The third kappa shape index (κ3) is 4.05. The quantitative estimate of drug-likeness (QED) is 0.476. The molecule has 1 aliphatic heterocycles. The smallest absolute Gasteiger partial charge is 0.318 e. The van der Waals surface area contributed by atoms with Gasteiger partial charge in [0.15, 0.2) is 5.65 Å². The predicted molar refractivity (Wildman–Crippen MR) is 117 cm³/mol. The first-order valence-corrected chi connectivity index (χ1v) is 10.8. The number of aromatic nitrogens is 7. The molecular weight excluding hydrogens is 411 g/mol. The molecule has 1 aliphatic rings. The van der Waals surface area contributed by atoms with Crippen molar-refractivity contribution in [3.8, 4) is 17.4 Å². The van der Waals surface area contributed by atoms with Gasteiger partial charge in [-0.2, -0.15) is 15.1 Å². The summed E-state index contributed by atoms with van der Waals surface area (Å²) in [5.74, 6) is 0.748. The van der Waals surface area contributed by atoms with E-state index in [1.54, 1.807) is 6.20 Å². The first kappa shape index (κ1) is 20.5. The molecular formula is C22H25FN8O. The Hall–Kier alpha value is -3.40. The highest BCUT2D eigenvalue weighted by Crippen LogP contribution is 2.27. The van der Waals surface area contributed by atoms with Gasteiger partial charge >= 0.3 is 6.01 Å². The Kier molecular flexibility index (Phi) is 5.52. The minimum atomic E-state index is -0.420. The fraction of sp³-hybridized carbons (Fsp3) is 0.409. The molecule has 0 radical (unpaired) electrons. The van der Waals surface area contributed by atoms with E-state index in [2.05, 4.69) is 31.6 Å². The number of nitrogens with zero attached hydrogens (tertiary/aromatic N) is 7. The molecule has 1 atom stereocenters. The zero-order chi connectivity index (χ0) is 22.1. The number of hydrogen-bond acceptors (Lipinski definition) is 7. The lowest BCUT2D eigenvalue weighted by molar-refractivity contribution is 0.313. The van der Waals surface area contributed by atoms with E-state index in [4.69, 9.17) is 9.72 Å². The van der Waals surface area contributed by atoms with Crippen molar-refractivity contribution in [3.63, 3.8) is 0 Å². The maximum atomic E-state index is 13.9. The van der Waals surface area contributed by atoms with Crippen molar-refractivity contribution in [1.82, 2.24) is 39.6 Å². The summed E-state index contributed by atoms with van der Waals surface area (Å²) in [5, 5.41) is 7.94. The molecule has 1 saturated heterocycles. The molecule has 5 heterocycles. The predicted octanol–water partition coefficient (Wildman–Crippen LogP) is 2.59. The van der Waals surface area contributed by atoms with Gasteiger partial charge in [0.1, 0.15) is 17.2 Å². The Morgan fingerprint density at radius 3 is 2.91 bits per heavy atom. The first-order valence-electron chi connectivity index (χ1n) is 10.8. The third-order valence-corrected chi connectivity index (χ3v) is 5.62. The summed E-state index contributed by atoms with van der Waals surface area (Å²) in [5.41, 5.74) is 3.57. The largest absolute Gasteiger partial charge is 0.464 e. The summed E-state index contributed by atoms with van der Waals surface area (Å²) in [6.07, 6.45) is 7.85. The number of nitrogens with one attached hydrogen (secondary N) is 1. The molecule has 10 heteroatoms. The number of hydrogen-bond donors (Lipinski definition) is 1. The van der Waals surface area contributed by atoms with Crippen LogP contribution in [0.1, 0.15) is 24.6 Å². The van der Waals surface area contributed by atoms with Crippen LogP contribution in [0.15, 0.2) is 30.9 Å². The van der Waals surface area contributed by atoms with Crippen LogP contribution in [0.25, 0.3) is 22.6 Å². The number of pyridine rings is 1. The topological polar surface area (TPSA) is 95.6 Å². The van der Waals surface area contributed by atoms with Crippen LogP contribution >= 0.6 is 0 Å². The number of fused-ring (bicyclic) bond motifs is 1. The Balaban J connectivity index is 1.56. The molecule has 0 bridgehead atoms. The molecule has 1 fully saturated rings. The highest BCUT2D eigenvalue weighted by atomic mass is 19.1. The van der Waals surface area contributed by atoms with Crippen LogP contribution in [0.4, 0.5) is 4.39 Å². The van der Waals surface area contributed by atoms with Crippen LogP contribution in [0.3, 0.4) is 0 Å². The van der Waals surface area contributed by atoms with Gasteiger partial charge in [0.05, 0.1) is 31.2 Å². The van der Waals surface area contributed by atoms with E-state index in [-0.39, 0.29) is 0 Å². The molecule has 1 unspecified atom stereocenters. The number of aryl methyl sites for hydroxylation is 1. The summed E-state index contributed by atoms with van der Waals surface area (Å²) in [4.78, 5) is 17.8. The minimum absolute atomic E-state index is 0.298. The number of ether oxygens (including phenoxy) is 1.